The Kier molecular flexibility index (Phi) is 6.56. The Hall–Kier alpha value is -3.03. The number of nitrogens with two attached hydrogens (primary N) is 2. The lowest BCUT2D eigenvalue weighted by molar-refractivity contribution is 0.238. The SMILES string of the molecule is C=C(C)N=C(C)N(N)/C(C(=C)C)=C1\OC(C)=C(c2c(C)cc(OC)cc2C)N1N. The summed E-state index contributed by atoms with van der Waals surface area (Å²) in [6, 6.07) is 3.94. The number of methoxy groups -OCH3 is 1. The Morgan fingerprint density at radius 3 is 2.14 bits per heavy atom. The van der Waals surface area contributed by atoms with E-state index in [0.717, 1.165) is 28.1 Å². The number of nitrogens with zero attached hydrogens (tertiary/aromatic N) is 3. The predicted octanol–water partition coefficient (Wildman–Crippen LogP) is 4.08. The van der Waals surface area contributed by atoms with E-state index in [4.69, 9.17) is 21.2 Å². The van der Waals surface area contributed by atoms with Crippen LogP contribution in [0.2, 0.25) is 0 Å². The molecule has 2 rings (SSSR count). The lowest BCUT2D eigenvalue weighted by atomic mass is 9.98. The Bertz CT molecular complexity index is 933. The van der Waals surface area contributed by atoms with Crippen LogP contribution in [0.15, 0.2) is 58.9 Å². The number of hydrogen-bond donors (Lipinski definition) is 2. The van der Waals surface area contributed by atoms with Gasteiger partial charge in [-0.2, -0.15) is 0 Å². The number of allylic oxidation sites excluding steroid dienone is 3. The van der Waals surface area contributed by atoms with Crippen molar-refractivity contribution < 1.29 is 9.47 Å². The molecule has 7 nitrogen and oxygen atoms in total. The van der Waals surface area contributed by atoms with Gasteiger partial charge in [0, 0.05) is 11.3 Å². The second-order valence-electron chi connectivity index (χ2n) is 7.21. The maximum absolute atomic E-state index is 6.51. The summed E-state index contributed by atoms with van der Waals surface area (Å²) in [5, 5.41) is 2.92. The molecule has 0 radical (unpaired) electrons. The molecule has 0 aliphatic carbocycles. The van der Waals surface area contributed by atoms with Crippen molar-refractivity contribution in [2.24, 2.45) is 16.7 Å². The molecule has 0 fully saturated rings. The van der Waals surface area contributed by atoms with Gasteiger partial charge in [0.25, 0.3) is 0 Å². The third-order valence-electron chi connectivity index (χ3n) is 4.57. The molecule has 0 spiro atoms. The third-order valence-corrected chi connectivity index (χ3v) is 4.57. The highest BCUT2D eigenvalue weighted by Gasteiger charge is 2.33. The average molecular weight is 398 g/mol. The lowest BCUT2D eigenvalue weighted by Gasteiger charge is -2.26. The van der Waals surface area contributed by atoms with Crippen LogP contribution < -0.4 is 16.4 Å². The summed E-state index contributed by atoms with van der Waals surface area (Å²) >= 11 is 0. The molecular formula is C22H31N5O2. The highest BCUT2D eigenvalue weighted by atomic mass is 16.5. The minimum Gasteiger partial charge on any atom is -0.497 e. The number of amidine groups is 1. The first-order valence-electron chi connectivity index (χ1n) is 9.24. The van der Waals surface area contributed by atoms with Crippen LogP contribution in [0.25, 0.3) is 5.70 Å². The van der Waals surface area contributed by atoms with Crippen LogP contribution in [0.3, 0.4) is 0 Å². The third kappa shape index (κ3) is 4.36. The molecule has 1 aliphatic heterocycles. The van der Waals surface area contributed by atoms with Gasteiger partial charge in [0.15, 0.2) is 0 Å². The van der Waals surface area contributed by atoms with Gasteiger partial charge < -0.3 is 9.47 Å². The standard InChI is InChI=1S/C22H31N5O2/c1-12(2)20(26(23)17(8)25-13(3)4)22-27(24)21(16(7)29-22)19-14(5)10-18(28-9)11-15(19)6/h10-11H,1,3,23-24H2,2,4-9H3/b22-20-,25-17?. The van der Waals surface area contributed by atoms with Gasteiger partial charge >= 0.3 is 0 Å². The fourth-order valence-corrected chi connectivity index (χ4v) is 3.37. The van der Waals surface area contributed by atoms with E-state index in [9.17, 15) is 0 Å². The topological polar surface area (TPSA) is 89.3 Å². The summed E-state index contributed by atoms with van der Waals surface area (Å²) in [6.07, 6.45) is 0. The van der Waals surface area contributed by atoms with E-state index in [2.05, 4.69) is 18.2 Å². The summed E-state index contributed by atoms with van der Waals surface area (Å²) in [5.41, 5.74) is 5.66. The highest BCUT2D eigenvalue weighted by Crippen LogP contribution is 2.39. The van der Waals surface area contributed by atoms with Crippen molar-refractivity contribution in [1.82, 2.24) is 10.0 Å². The maximum Gasteiger partial charge on any atom is 0.240 e. The van der Waals surface area contributed by atoms with Crippen LogP contribution >= 0.6 is 0 Å². The van der Waals surface area contributed by atoms with Crippen molar-refractivity contribution >= 4 is 11.5 Å². The summed E-state index contributed by atoms with van der Waals surface area (Å²) in [4.78, 5) is 4.33. The second-order valence-corrected chi connectivity index (χ2v) is 7.21. The van der Waals surface area contributed by atoms with Gasteiger partial charge in [-0.05, 0) is 70.4 Å². The molecule has 0 saturated heterocycles. The number of hydrazine groups is 2. The molecule has 0 bridgehead atoms. The first kappa shape index (κ1) is 22.3. The summed E-state index contributed by atoms with van der Waals surface area (Å²) in [7, 11) is 1.65. The Morgan fingerprint density at radius 2 is 1.69 bits per heavy atom. The highest BCUT2D eigenvalue weighted by molar-refractivity contribution is 5.83. The van der Waals surface area contributed by atoms with Crippen molar-refractivity contribution in [1.29, 1.82) is 0 Å². The fraction of sp³-hybridized carbons (Fsp3) is 0.318. The first-order chi connectivity index (χ1) is 13.5. The Morgan fingerprint density at radius 1 is 1.14 bits per heavy atom. The van der Waals surface area contributed by atoms with E-state index in [1.807, 2.05) is 39.8 Å². The average Bonchev–Trinajstić information content (AvgIpc) is 2.88. The quantitative estimate of drug-likeness (QED) is 0.337. The molecular weight excluding hydrogens is 366 g/mol. The van der Waals surface area contributed by atoms with Crippen molar-refractivity contribution in [3.63, 3.8) is 0 Å². The van der Waals surface area contributed by atoms with Gasteiger partial charge in [-0.25, -0.2) is 21.7 Å². The minimum absolute atomic E-state index is 0.387. The van der Waals surface area contributed by atoms with Crippen molar-refractivity contribution in [2.45, 2.75) is 41.5 Å². The monoisotopic (exact) mass is 397 g/mol. The molecule has 0 atom stereocenters. The van der Waals surface area contributed by atoms with E-state index in [-0.39, 0.29) is 0 Å². The second kappa shape index (κ2) is 8.55. The van der Waals surface area contributed by atoms with E-state index < -0.39 is 0 Å². The number of aliphatic imine (C=N–C) groups is 1. The van der Waals surface area contributed by atoms with E-state index >= 15 is 0 Å². The van der Waals surface area contributed by atoms with Crippen molar-refractivity contribution in [3.05, 3.63) is 70.6 Å². The summed E-state index contributed by atoms with van der Waals surface area (Å²) < 4.78 is 11.4. The molecule has 4 N–H and O–H groups in total. The zero-order chi connectivity index (χ0) is 22.0. The summed E-state index contributed by atoms with van der Waals surface area (Å²) in [5.74, 6) is 15.2. The summed E-state index contributed by atoms with van der Waals surface area (Å²) in [6.45, 7) is 19.2. The maximum atomic E-state index is 6.51. The number of rotatable bonds is 5. The zero-order valence-electron chi connectivity index (χ0n) is 18.4. The molecule has 0 saturated carbocycles. The van der Waals surface area contributed by atoms with E-state index in [0.29, 0.717) is 34.4 Å². The van der Waals surface area contributed by atoms with Gasteiger partial charge in [-0.1, -0.05) is 13.2 Å². The smallest absolute Gasteiger partial charge is 0.240 e. The molecule has 1 heterocycles. The van der Waals surface area contributed by atoms with Crippen LogP contribution in [0.4, 0.5) is 0 Å². The van der Waals surface area contributed by atoms with Gasteiger partial charge in [0.2, 0.25) is 5.88 Å². The van der Waals surface area contributed by atoms with Crippen LogP contribution in [0.1, 0.15) is 44.4 Å². The molecule has 0 unspecified atom stereocenters. The van der Waals surface area contributed by atoms with Gasteiger partial charge in [0.1, 0.15) is 28.7 Å². The Balaban J connectivity index is 2.60. The van der Waals surface area contributed by atoms with Gasteiger partial charge in [-0.15, -0.1) is 0 Å². The molecule has 1 aliphatic rings. The Labute approximate surface area is 173 Å². The van der Waals surface area contributed by atoms with Gasteiger partial charge in [0.05, 0.1) is 7.11 Å². The predicted molar refractivity (Wildman–Crippen MR) is 118 cm³/mol. The van der Waals surface area contributed by atoms with E-state index in [1.54, 1.807) is 21.0 Å². The molecule has 1 aromatic rings. The fourth-order valence-electron chi connectivity index (χ4n) is 3.37. The van der Waals surface area contributed by atoms with Gasteiger partial charge in [-0.3, -0.25) is 5.01 Å². The number of benzene rings is 1. The number of hydrogen-bond acceptors (Lipinski definition) is 6. The zero-order valence-corrected chi connectivity index (χ0v) is 18.4. The molecule has 1 aromatic carbocycles. The first-order valence-corrected chi connectivity index (χ1v) is 9.24. The molecule has 0 aromatic heterocycles. The molecule has 0 amide bonds. The van der Waals surface area contributed by atoms with E-state index in [1.165, 1.54) is 10.0 Å². The number of ether oxygens (including phenoxy) is 2. The lowest BCUT2D eigenvalue weighted by Crippen LogP contribution is -2.39. The van der Waals surface area contributed by atoms with Crippen molar-refractivity contribution in [3.8, 4) is 5.75 Å². The minimum atomic E-state index is 0.387. The molecule has 7 heteroatoms. The van der Waals surface area contributed by atoms with Crippen molar-refractivity contribution in [2.75, 3.05) is 7.11 Å². The van der Waals surface area contributed by atoms with Crippen LogP contribution in [0, 0.1) is 13.8 Å². The van der Waals surface area contributed by atoms with Crippen LogP contribution in [-0.2, 0) is 4.74 Å². The largest absolute Gasteiger partial charge is 0.497 e. The number of aryl methyl sites for hydroxylation is 2. The van der Waals surface area contributed by atoms with Crippen LogP contribution in [0.5, 0.6) is 5.75 Å². The van der Waals surface area contributed by atoms with Crippen LogP contribution in [-0.4, -0.2) is 23.0 Å². The molecule has 29 heavy (non-hydrogen) atoms. The normalized spacial score (nSPS) is 16.0. The molecule has 156 valence electrons.